The Morgan fingerprint density at radius 3 is 1.42 bits per heavy atom. The van der Waals surface area contributed by atoms with Crippen molar-refractivity contribution in [2.75, 3.05) is 0 Å². The number of carbonyl (C=O) groups is 1. The van der Waals surface area contributed by atoms with E-state index < -0.39 is 6.04 Å². The van der Waals surface area contributed by atoms with Gasteiger partial charge in [0, 0.05) is 13.1 Å². The number of hydrogen-bond acceptors (Lipinski definition) is 3. The Labute approximate surface area is 196 Å². The van der Waals surface area contributed by atoms with E-state index in [2.05, 4.69) is 41.3 Å². The zero-order chi connectivity index (χ0) is 22.7. The third kappa shape index (κ3) is 6.90. The minimum absolute atomic E-state index is 0.199. The molecule has 0 bridgehead atoms. The average Bonchev–Trinajstić information content (AvgIpc) is 2.88. The molecule has 33 heavy (non-hydrogen) atoms. The molecule has 0 aliphatic rings. The largest absolute Gasteiger partial charge is 0.460 e. The third-order valence-electron chi connectivity index (χ3n) is 5.67. The smallest absolute Gasteiger partial charge is 0.324 e. The van der Waals surface area contributed by atoms with Crippen LogP contribution in [0.3, 0.4) is 0 Å². The number of ether oxygens (including phenoxy) is 1. The molecule has 0 saturated carbocycles. The van der Waals surface area contributed by atoms with E-state index >= 15 is 0 Å². The highest BCUT2D eigenvalue weighted by molar-refractivity contribution is 5.76. The Kier molecular flexibility index (Phi) is 8.04. The predicted molar refractivity (Wildman–Crippen MR) is 132 cm³/mol. The van der Waals surface area contributed by atoms with Crippen molar-refractivity contribution in [1.29, 1.82) is 0 Å². The van der Waals surface area contributed by atoms with Gasteiger partial charge in [-0.15, -0.1) is 0 Å². The van der Waals surface area contributed by atoms with Crippen LogP contribution in [0, 0.1) is 0 Å². The lowest BCUT2D eigenvalue weighted by molar-refractivity contribution is -0.152. The molecule has 0 spiro atoms. The van der Waals surface area contributed by atoms with Crippen LogP contribution >= 0.6 is 0 Å². The summed E-state index contributed by atoms with van der Waals surface area (Å²) in [6.45, 7) is 1.59. The highest BCUT2D eigenvalue weighted by Crippen LogP contribution is 2.19. The Bertz CT molecular complexity index is 1060. The maximum atomic E-state index is 13.5. The second-order valence-corrected chi connectivity index (χ2v) is 8.18. The molecule has 0 saturated heterocycles. The molecular weight excluding hydrogens is 406 g/mol. The van der Waals surface area contributed by atoms with Gasteiger partial charge in [0.05, 0.1) is 0 Å². The summed E-state index contributed by atoms with van der Waals surface area (Å²) in [5.74, 6) is -0.199. The standard InChI is InChI=1S/C30H29NO2/c32-30(33-24-28-19-11-4-12-20-28)29(21-25-13-5-1-6-14-25)31(22-26-15-7-2-8-16-26)23-27-17-9-3-10-18-27/h1-20,29H,21-24H2/t29-/m0/s1. The van der Waals surface area contributed by atoms with Gasteiger partial charge in [-0.3, -0.25) is 9.69 Å². The number of rotatable bonds is 10. The van der Waals surface area contributed by atoms with Gasteiger partial charge in [0.2, 0.25) is 0 Å². The quantitative estimate of drug-likeness (QED) is 0.284. The van der Waals surface area contributed by atoms with E-state index in [9.17, 15) is 4.79 Å². The first-order valence-corrected chi connectivity index (χ1v) is 11.3. The Hall–Kier alpha value is -3.69. The van der Waals surface area contributed by atoms with Crippen LogP contribution < -0.4 is 0 Å². The first kappa shape index (κ1) is 22.5. The van der Waals surface area contributed by atoms with Crippen LogP contribution in [0.4, 0.5) is 0 Å². The molecule has 0 amide bonds. The molecule has 0 radical (unpaired) electrons. The van der Waals surface area contributed by atoms with Crippen LogP contribution in [-0.4, -0.2) is 16.9 Å². The SMILES string of the molecule is O=C(OCc1ccccc1)[C@H](Cc1ccccc1)N(Cc1ccccc1)Cc1ccccc1. The monoisotopic (exact) mass is 435 g/mol. The van der Waals surface area contributed by atoms with Crippen LogP contribution in [0.25, 0.3) is 0 Å². The molecule has 0 aromatic heterocycles. The lowest BCUT2D eigenvalue weighted by atomic mass is 10.0. The molecule has 3 heteroatoms. The van der Waals surface area contributed by atoms with Gasteiger partial charge in [-0.05, 0) is 28.7 Å². The first-order chi connectivity index (χ1) is 16.3. The molecule has 166 valence electrons. The van der Waals surface area contributed by atoms with Gasteiger partial charge in [0.1, 0.15) is 12.6 Å². The van der Waals surface area contributed by atoms with Crippen LogP contribution in [0.2, 0.25) is 0 Å². The molecule has 0 aliphatic heterocycles. The average molecular weight is 436 g/mol. The molecule has 0 heterocycles. The summed E-state index contributed by atoms with van der Waals surface area (Å²) in [6.07, 6.45) is 0.591. The first-order valence-electron chi connectivity index (χ1n) is 11.3. The van der Waals surface area contributed by atoms with Crippen molar-refractivity contribution in [3.63, 3.8) is 0 Å². The summed E-state index contributed by atoms with van der Waals surface area (Å²) in [5, 5.41) is 0. The van der Waals surface area contributed by atoms with E-state index in [0.717, 1.165) is 11.1 Å². The Morgan fingerprint density at radius 2 is 0.970 bits per heavy atom. The molecule has 3 nitrogen and oxygen atoms in total. The van der Waals surface area contributed by atoms with Crippen molar-refractivity contribution in [3.8, 4) is 0 Å². The van der Waals surface area contributed by atoms with Crippen LogP contribution in [0.5, 0.6) is 0 Å². The van der Waals surface area contributed by atoms with Crippen molar-refractivity contribution in [2.45, 2.75) is 32.2 Å². The van der Waals surface area contributed by atoms with Crippen molar-refractivity contribution in [3.05, 3.63) is 144 Å². The molecule has 0 unspecified atom stereocenters. The van der Waals surface area contributed by atoms with Crippen molar-refractivity contribution in [1.82, 2.24) is 4.90 Å². The number of hydrogen-bond donors (Lipinski definition) is 0. The van der Waals surface area contributed by atoms with E-state index in [1.54, 1.807) is 0 Å². The van der Waals surface area contributed by atoms with Gasteiger partial charge in [0.15, 0.2) is 0 Å². The normalized spacial score (nSPS) is 11.8. The number of benzene rings is 4. The summed E-state index contributed by atoms with van der Waals surface area (Å²) >= 11 is 0. The molecule has 0 aliphatic carbocycles. The fraction of sp³-hybridized carbons (Fsp3) is 0.167. The summed E-state index contributed by atoms with van der Waals surface area (Å²) in [7, 11) is 0. The number of carbonyl (C=O) groups excluding carboxylic acids is 1. The van der Waals surface area contributed by atoms with Gasteiger partial charge < -0.3 is 4.74 Å². The van der Waals surface area contributed by atoms with Crippen molar-refractivity contribution >= 4 is 5.97 Å². The van der Waals surface area contributed by atoms with Crippen LogP contribution in [0.15, 0.2) is 121 Å². The van der Waals surface area contributed by atoms with E-state index in [0.29, 0.717) is 19.5 Å². The molecule has 0 fully saturated rings. The van der Waals surface area contributed by atoms with Crippen LogP contribution in [0.1, 0.15) is 22.3 Å². The van der Waals surface area contributed by atoms with Gasteiger partial charge >= 0.3 is 5.97 Å². The second-order valence-electron chi connectivity index (χ2n) is 8.18. The van der Waals surface area contributed by atoms with Crippen molar-refractivity contribution < 1.29 is 9.53 Å². The fourth-order valence-electron chi connectivity index (χ4n) is 3.94. The molecule has 4 rings (SSSR count). The number of esters is 1. The molecular formula is C30H29NO2. The molecule has 1 atom stereocenters. The van der Waals surface area contributed by atoms with Gasteiger partial charge in [-0.25, -0.2) is 0 Å². The van der Waals surface area contributed by atoms with Gasteiger partial charge in [0.25, 0.3) is 0 Å². The van der Waals surface area contributed by atoms with E-state index in [1.165, 1.54) is 11.1 Å². The van der Waals surface area contributed by atoms with E-state index in [1.807, 2.05) is 84.9 Å². The summed E-state index contributed by atoms with van der Waals surface area (Å²) in [4.78, 5) is 15.7. The Morgan fingerprint density at radius 1 is 0.576 bits per heavy atom. The third-order valence-corrected chi connectivity index (χ3v) is 5.67. The Balaban J connectivity index is 1.60. The second kappa shape index (κ2) is 11.8. The van der Waals surface area contributed by atoms with E-state index in [4.69, 9.17) is 4.74 Å². The highest BCUT2D eigenvalue weighted by atomic mass is 16.5. The predicted octanol–water partition coefficient (Wildman–Crippen LogP) is 6.04. The molecule has 4 aromatic carbocycles. The zero-order valence-electron chi connectivity index (χ0n) is 18.7. The maximum Gasteiger partial charge on any atom is 0.324 e. The van der Waals surface area contributed by atoms with E-state index in [-0.39, 0.29) is 12.6 Å². The summed E-state index contributed by atoms with van der Waals surface area (Å²) < 4.78 is 5.84. The maximum absolute atomic E-state index is 13.5. The highest BCUT2D eigenvalue weighted by Gasteiger charge is 2.28. The molecule has 0 N–H and O–H groups in total. The fourth-order valence-corrected chi connectivity index (χ4v) is 3.94. The molecule has 4 aromatic rings. The zero-order valence-corrected chi connectivity index (χ0v) is 18.7. The lowest BCUT2D eigenvalue weighted by Gasteiger charge is -2.30. The topological polar surface area (TPSA) is 29.5 Å². The minimum Gasteiger partial charge on any atom is -0.460 e. The van der Waals surface area contributed by atoms with Crippen LogP contribution in [-0.2, 0) is 35.6 Å². The number of nitrogens with zero attached hydrogens (tertiary/aromatic N) is 1. The minimum atomic E-state index is -0.406. The van der Waals surface area contributed by atoms with Gasteiger partial charge in [-0.2, -0.15) is 0 Å². The van der Waals surface area contributed by atoms with Gasteiger partial charge in [-0.1, -0.05) is 121 Å². The summed E-state index contributed by atoms with van der Waals surface area (Å²) in [5.41, 5.74) is 4.44. The van der Waals surface area contributed by atoms with Crippen molar-refractivity contribution in [2.24, 2.45) is 0 Å². The summed E-state index contributed by atoms with van der Waals surface area (Å²) in [6, 6.07) is 40.2. The lowest BCUT2D eigenvalue weighted by Crippen LogP contribution is -2.43.